The van der Waals surface area contributed by atoms with Crippen LogP contribution in [0.5, 0.6) is 17.4 Å². The maximum atomic E-state index is 11.4. The number of nitrogens with zero attached hydrogens (tertiary/aromatic N) is 2. The summed E-state index contributed by atoms with van der Waals surface area (Å²) >= 11 is 12.9. The number of aryl methyl sites for hydroxylation is 1. The first-order valence-electron chi connectivity index (χ1n) is 11.8. The number of benzene rings is 2. The first-order valence-corrected chi connectivity index (χ1v) is 12.5. The minimum Gasteiger partial charge on any atom is -0.478 e. The summed E-state index contributed by atoms with van der Waals surface area (Å²) < 4.78 is 18.7. The lowest BCUT2D eigenvalue weighted by atomic mass is 10.0. The zero-order valence-corrected chi connectivity index (χ0v) is 20.9. The maximum absolute atomic E-state index is 11.4. The lowest BCUT2D eigenvalue weighted by molar-refractivity contribution is -0.911. The molecule has 10 heteroatoms. The van der Waals surface area contributed by atoms with Crippen molar-refractivity contribution < 1.29 is 33.8 Å². The predicted molar refractivity (Wildman–Crippen MR) is 133 cm³/mol. The second-order valence-electron chi connectivity index (χ2n) is 9.06. The van der Waals surface area contributed by atoms with E-state index < -0.39 is 5.97 Å². The van der Waals surface area contributed by atoms with Gasteiger partial charge in [0.05, 0.1) is 32.0 Å². The van der Waals surface area contributed by atoms with Crippen molar-refractivity contribution in [2.45, 2.75) is 38.2 Å². The smallest absolute Gasteiger partial charge is 0.417 e. The van der Waals surface area contributed by atoms with E-state index in [4.69, 9.17) is 37.2 Å². The monoisotopic (exact) mass is 539 g/mol. The van der Waals surface area contributed by atoms with Gasteiger partial charge in [-0.25, -0.2) is 4.79 Å². The molecule has 0 atom stereocenters. The molecule has 3 heterocycles. The van der Waals surface area contributed by atoms with Gasteiger partial charge < -0.3 is 19.1 Å². The quantitative estimate of drug-likeness (QED) is 0.221. The Morgan fingerprint density at radius 3 is 2.59 bits per heavy atom. The summed E-state index contributed by atoms with van der Waals surface area (Å²) in [6.07, 6.45) is 3.01. The Bertz CT molecular complexity index is 1530. The molecule has 2 N–H and O–H groups in total. The van der Waals surface area contributed by atoms with Gasteiger partial charge in [-0.1, -0.05) is 40.5 Å². The molecule has 1 aliphatic heterocycles. The average molecular weight is 540 g/mol. The molecule has 2 aliphatic rings. The van der Waals surface area contributed by atoms with Gasteiger partial charge in [0.1, 0.15) is 23.8 Å². The van der Waals surface area contributed by atoms with Crippen LogP contribution in [0, 0.1) is 0 Å². The number of halogens is 2. The van der Waals surface area contributed by atoms with E-state index >= 15 is 0 Å². The number of aromatic carboxylic acids is 1. The molecule has 4 aromatic rings. The lowest BCUT2D eigenvalue weighted by Gasteiger charge is -2.10. The highest BCUT2D eigenvalue weighted by Gasteiger charge is 2.35. The number of fused-ring (bicyclic) bond motifs is 2. The first-order chi connectivity index (χ1) is 17.9. The normalized spacial score (nSPS) is 14.3. The molecule has 0 saturated heterocycles. The molecular formula is C27H21Cl2N2O6+. The van der Waals surface area contributed by atoms with Crippen molar-refractivity contribution in [3.05, 3.63) is 86.7 Å². The van der Waals surface area contributed by atoms with Crippen LogP contribution in [0.3, 0.4) is 0 Å². The van der Waals surface area contributed by atoms with Crippen LogP contribution in [0.25, 0.3) is 11.3 Å². The van der Waals surface area contributed by atoms with Crippen LogP contribution in [0.4, 0.5) is 0 Å². The summed E-state index contributed by atoms with van der Waals surface area (Å²) in [5.41, 5.74) is 3.32. The number of rotatable bonds is 6. The third-order valence-electron chi connectivity index (χ3n) is 6.62. The summed E-state index contributed by atoms with van der Waals surface area (Å²) in [5, 5.41) is 25.5. The minimum atomic E-state index is -1.03. The van der Waals surface area contributed by atoms with Gasteiger partial charge in [-0.05, 0) is 55.2 Å². The van der Waals surface area contributed by atoms with Gasteiger partial charge in [-0.2, -0.15) is 0 Å². The largest absolute Gasteiger partial charge is 0.478 e. The third-order valence-corrected chi connectivity index (χ3v) is 7.25. The van der Waals surface area contributed by atoms with E-state index in [-0.39, 0.29) is 24.0 Å². The second-order valence-corrected chi connectivity index (χ2v) is 9.87. The maximum Gasteiger partial charge on any atom is 0.417 e. The third kappa shape index (κ3) is 4.36. The Balaban J connectivity index is 1.30. The Morgan fingerprint density at radius 2 is 1.86 bits per heavy atom. The molecule has 6 rings (SSSR count). The van der Waals surface area contributed by atoms with Crippen molar-refractivity contribution in [2.75, 3.05) is 0 Å². The van der Waals surface area contributed by atoms with E-state index in [0.717, 1.165) is 34.5 Å². The van der Waals surface area contributed by atoms with Crippen LogP contribution >= 0.6 is 23.2 Å². The van der Waals surface area contributed by atoms with E-state index in [1.54, 1.807) is 42.5 Å². The molecule has 2 aromatic heterocycles. The number of hydrogen-bond donors (Lipinski definition) is 2. The first kappa shape index (κ1) is 23.6. The van der Waals surface area contributed by atoms with E-state index in [1.807, 2.05) is 0 Å². The molecule has 1 fully saturated rings. The number of ether oxygens (including phenoxy) is 2. The zero-order chi connectivity index (χ0) is 25.7. The van der Waals surface area contributed by atoms with Gasteiger partial charge in [-0.15, -0.1) is 0 Å². The SMILES string of the molecule is O=C(O)c1ccc2c(c1)Oc1ccc(OCc3c(-c4c(Cl)cccc4Cl)noc3C3CC3)[n+](O)c1CC2. The van der Waals surface area contributed by atoms with E-state index in [9.17, 15) is 15.1 Å². The summed E-state index contributed by atoms with van der Waals surface area (Å²) in [6, 6.07) is 13.3. The summed E-state index contributed by atoms with van der Waals surface area (Å²) in [5.74, 6) is 1.04. The fourth-order valence-corrected chi connectivity index (χ4v) is 5.11. The standard InChI is InChI=1S/C27H20Cl2N2O6/c28-18-2-1-3-19(29)24(18)25-17(26(37-30-25)15-5-6-15)13-35-23-11-10-21-20(31(23)34)9-8-14-4-7-16(27(32)33)12-22(14)36-21/h1-4,7,10-12,15H,5-6,8-9,13H2,(H-,32,33,34)/p+1. The molecule has 0 spiro atoms. The number of carbonyl (C=O) groups is 1. The van der Waals surface area contributed by atoms with E-state index in [2.05, 4.69) is 5.16 Å². The number of carboxylic acids is 1. The molecule has 0 radical (unpaired) electrons. The van der Waals surface area contributed by atoms with Gasteiger partial charge in [0.15, 0.2) is 5.75 Å². The van der Waals surface area contributed by atoms with Gasteiger partial charge in [0, 0.05) is 17.9 Å². The fourth-order valence-electron chi connectivity index (χ4n) is 4.54. The Hall–Kier alpha value is -3.75. The number of hydrogen-bond acceptors (Lipinski definition) is 6. The topological polar surface area (TPSA) is 106 Å². The Morgan fingerprint density at radius 1 is 1.08 bits per heavy atom. The summed E-state index contributed by atoms with van der Waals surface area (Å²) in [7, 11) is 0. The van der Waals surface area contributed by atoms with Gasteiger partial charge >= 0.3 is 11.8 Å². The van der Waals surface area contributed by atoms with Crippen molar-refractivity contribution in [3.8, 4) is 28.6 Å². The molecule has 37 heavy (non-hydrogen) atoms. The van der Waals surface area contributed by atoms with Crippen molar-refractivity contribution in [1.29, 1.82) is 0 Å². The molecule has 188 valence electrons. The van der Waals surface area contributed by atoms with E-state index in [1.165, 1.54) is 6.07 Å². The average Bonchev–Trinajstić information content (AvgIpc) is 3.66. The number of carboxylic acid groups (broad SMARTS) is 1. The molecule has 8 nitrogen and oxygen atoms in total. The van der Waals surface area contributed by atoms with Crippen molar-refractivity contribution in [3.63, 3.8) is 0 Å². The Kier molecular flexibility index (Phi) is 5.93. The second kappa shape index (κ2) is 9.28. The number of pyridine rings is 1. The van der Waals surface area contributed by atoms with Crippen LogP contribution in [-0.4, -0.2) is 21.4 Å². The van der Waals surface area contributed by atoms with E-state index in [0.29, 0.717) is 51.3 Å². The minimum absolute atomic E-state index is 0.0780. The number of aromatic nitrogens is 2. The van der Waals surface area contributed by atoms with Crippen molar-refractivity contribution in [2.24, 2.45) is 0 Å². The zero-order valence-electron chi connectivity index (χ0n) is 19.4. The Labute approximate surface area is 221 Å². The highest BCUT2D eigenvalue weighted by Crippen LogP contribution is 2.46. The molecule has 2 aromatic carbocycles. The summed E-state index contributed by atoms with van der Waals surface area (Å²) in [6.45, 7) is 0.0780. The lowest BCUT2D eigenvalue weighted by Crippen LogP contribution is -2.37. The highest BCUT2D eigenvalue weighted by atomic mass is 35.5. The fraction of sp³-hybridized carbons (Fsp3) is 0.222. The van der Waals surface area contributed by atoms with Crippen molar-refractivity contribution in [1.82, 2.24) is 5.16 Å². The molecular weight excluding hydrogens is 519 g/mol. The predicted octanol–water partition coefficient (Wildman–Crippen LogP) is 6.22. The van der Waals surface area contributed by atoms with Crippen LogP contribution in [-0.2, 0) is 19.4 Å². The van der Waals surface area contributed by atoms with Crippen molar-refractivity contribution >= 4 is 29.2 Å². The molecule has 1 saturated carbocycles. The highest BCUT2D eigenvalue weighted by molar-refractivity contribution is 6.39. The van der Waals surface area contributed by atoms with Crippen LogP contribution in [0.1, 0.15) is 51.7 Å². The molecule has 1 aliphatic carbocycles. The van der Waals surface area contributed by atoms with Crippen LogP contribution in [0.2, 0.25) is 10.0 Å². The van der Waals surface area contributed by atoms with Gasteiger partial charge in [0.2, 0.25) is 0 Å². The molecule has 0 bridgehead atoms. The van der Waals surface area contributed by atoms with Gasteiger partial charge in [0.25, 0.3) is 5.69 Å². The molecule has 0 unspecified atom stereocenters. The van der Waals surface area contributed by atoms with Gasteiger partial charge in [-0.3, -0.25) is 5.21 Å². The molecule has 0 amide bonds. The van der Waals surface area contributed by atoms with Crippen LogP contribution < -0.4 is 14.2 Å². The summed E-state index contributed by atoms with van der Waals surface area (Å²) in [4.78, 5) is 11.4. The van der Waals surface area contributed by atoms with Crippen LogP contribution in [0.15, 0.2) is 53.1 Å².